The predicted molar refractivity (Wildman–Crippen MR) is 81.3 cm³/mol. The van der Waals surface area contributed by atoms with Gasteiger partial charge >= 0.3 is 0 Å². The molecule has 3 rings (SSSR count). The summed E-state index contributed by atoms with van der Waals surface area (Å²) in [6.45, 7) is 0. The zero-order chi connectivity index (χ0) is 13.9. The van der Waals surface area contributed by atoms with Crippen molar-refractivity contribution in [2.24, 2.45) is 0 Å². The molecule has 2 aromatic rings. The highest BCUT2D eigenvalue weighted by molar-refractivity contribution is 7.80. The van der Waals surface area contributed by atoms with Gasteiger partial charge < -0.3 is 19.8 Å². The Bertz CT molecular complexity index is 632. The number of thiocarbonyl (C=S) groups is 1. The highest BCUT2D eigenvalue weighted by atomic mass is 32.1. The summed E-state index contributed by atoms with van der Waals surface area (Å²) in [4.78, 5) is 0. The molecule has 0 amide bonds. The largest absolute Gasteiger partial charge is 0.497 e. The van der Waals surface area contributed by atoms with Gasteiger partial charge in [-0.15, -0.1) is 0 Å². The highest BCUT2D eigenvalue weighted by Gasteiger charge is 2.20. The molecule has 2 N–H and O–H groups in total. The van der Waals surface area contributed by atoms with Crippen LogP contribution in [0.3, 0.4) is 0 Å². The molecule has 0 radical (unpaired) electrons. The molecule has 0 bridgehead atoms. The van der Waals surface area contributed by atoms with Crippen molar-refractivity contribution >= 4 is 23.0 Å². The number of methoxy groups -OCH3 is 1. The van der Waals surface area contributed by atoms with Gasteiger partial charge in [0.25, 0.3) is 0 Å². The summed E-state index contributed by atoms with van der Waals surface area (Å²) in [7, 11) is 1.65. The number of hydrogen-bond donors (Lipinski definition) is 2. The van der Waals surface area contributed by atoms with E-state index in [2.05, 4.69) is 16.7 Å². The van der Waals surface area contributed by atoms with Crippen LogP contribution in [0.2, 0.25) is 0 Å². The van der Waals surface area contributed by atoms with Crippen molar-refractivity contribution in [1.82, 2.24) is 10.6 Å². The van der Waals surface area contributed by atoms with Crippen LogP contribution in [0.1, 0.15) is 17.4 Å². The first-order valence-corrected chi connectivity index (χ1v) is 6.64. The number of benzene rings is 1. The molecule has 5 heteroatoms. The molecule has 0 unspecified atom stereocenters. The summed E-state index contributed by atoms with van der Waals surface area (Å²) < 4.78 is 10.6. The van der Waals surface area contributed by atoms with Crippen molar-refractivity contribution in [1.29, 1.82) is 0 Å². The van der Waals surface area contributed by atoms with Gasteiger partial charge in [0, 0.05) is 5.70 Å². The van der Waals surface area contributed by atoms with Gasteiger partial charge in [-0.25, -0.2) is 0 Å². The number of furan rings is 1. The average Bonchev–Trinajstić information content (AvgIpc) is 3.01. The van der Waals surface area contributed by atoms with Crippen molar-refractivity contribution in [2.75, 3.05) is 7.11 Å². The molecule has 0 aliphatic carbocycles. The summed E-state index contributed by atoms with van der Waals surface area (Å²) in [6.07, 6.45) is 3.71. The molecule has 0 spiro atoms. The van der Waals surface area contributed by atoms with Crippen LogP contribution in [-0.2, 0) is 0 Å². The Labute approximate surface area is 122 Å². The van der Waals surface area contributed by atoms with Crippen LogP contribution < -0.4 is 15.4 Å². The van der Waals surface area contributed by atoms with E-state index in [-0.39, 0.29) is 6.04 Å². The predicted octanol–water partition coefficient (Wildman–Crippen LogP) is 2.85. The Morgan fingerprint density at radius 2 is 2.00 bits per heavy atom. The van der Waals surface area contributed by atoms with Crippen LogP contribution in [0.5, 0.6) is 5.75 Å². The first-order valence-electron chi connectivity index (χ1n) is 6.23. The maximum atomic E-state index is 5.43. The average molecular weight is 286 g/mol. The van der Waals surface area contributed by atoms with Crippen molar-refractivity contribution in [3.63, 3.8) is 0 Å². The number of ether oxygens (including phenoxy) is 1. The zero-order valence-electron chi connectivity index (χ0n) is 10.9. The molecular weight excluding hydrogens is 272 g/mol. The summed E-state index contributed by atoms with van der Waals surface area (Å²) in [5.74, 6) is 1.66. The van der Waals surface area contributed by atoms with Crippen LogP contribution in [0.15, 0.2) is 53.2 Å². The quantitative estimate of drug-likeness (QED) is 0.850. The summed E-state index contributed by atoms with van der Waals surface area (Å²) in [6, 6.07) is 11.6. The van der Waals surface area contributed by atoms with E-state index in [0.29, 0.717) is 5.11 Å². The number of nitrogens with one attached hydrogen (secondary N) is 2. The summed E-state index contributed by atoms with van der Waals surface area (Å²) in [5, 5.41) is 6.91. The van der Waals surface area contributed by atoms with E-state index in [1.54, 1.807) is 13.4 Å². The lowest BCUT2D eigenvalue weighted by molar-refractivity contribution is 0.415. The van der Waals surface area contributed by atoms with E-state index in [0.717, 1.165) is 22.8 Å². The lowest BCUT2D eigenvalue weighted by atomic mass is 10.1. The third kappa shape index (κ3) is 2.53. The molecule has 1 atom stereocenters. The Kier molecular flexibility index (Phi) is 3.43. The van der Waals surface area contributed by atoms with Crippen molar-refractivity contribution in [3.8, 4) is 5.75 Å². The lowest BCUT2D eigenvalue weighted by Crippen LogP contribution is -2.40. The second-order valence-corrected chi connectivity index (χ2v) is 4.81. The molecule has 1 aromatic carbocycles. The van der Waals surface area contributed by atoms with E-state index in [1.807, 2.05) is 36.4 Å². The minimum atomic E-state index is -0.0594. The van der Waals surface area contributed by atoms with E-state index < -0.39 is 0 Å². The molecule has 0 saturated heterocycles. The van der Waals surface area contributed by atoms with Crippen molar-refractivity contribution in [3.05, 3.63) is 60.1 Å². The van der Waals surface area contributed by atoms with Crippen molar-refractivity contribution in [2.45, 2.75) is 6.04 Å². The fourth-order valence-electron chi connectivity index (χ4n) is 2.11. The second kappa shape index (κ2) is 5.38. The Balaban J connectivity index is 1.92. The maximum absolute atomic E-state index is 5.43. The molecule has 1 aliphatic heterocycles. The van der Waals surface area contributed by atoms with Gasteiger partial charge in [-0.1, -0.05) is 0 Å². The molecule has 1 aliphatic rings. The maximum Gasteiger partial charge on any atom is 0.171 e. The third-order valence-electron chi connectivity index (χ3n) is 3.12. The fourth-order valence-corrected chi connectivity index (χ4v) is 2.35. The highest BCUT2D eigenvalue weighted by Crippen LogP contribution is 2.24. The van der Waals surface area contributed by atoms with Crippen LogP contribution in [-0.4, -0.2) is 12.2 Å². The van der Waals surface area contributed by atoms with Crippen molar-refractivity contribution < 1.29 is 9.15 Å². The molecule has 1 aromatic heterocycles. The Morgan fingerprint density at radius 1 is 1.20 bits per heavy atom. The number of hydrogen-bond acceptors (Lipinski definition) is 3. The third-order valence-corrected chi connectivity index (χ3v) is 3.34. The molecule has 0 fully saturated rings. The molecule has 20 heavy (non-hydrogen) atoms. The monoisotopic (exact) mass is 286 g/mol. The first-order chi connectivity index (χ1) is 9.76. The van der Waals surface area contributed by atoms with E-state index in [4.69, 9.17) is 21.4 Å². The Hall–Kier alpha value is -2.27. The van der Waals surface area contributed by atoms with Crippen LogP contribution >= 0.6 is 12.2 Å². The van der Waals surface area contributed by atoms with E-state index in [9.17, 15) is 0 Å². The van der Waals surface area contributed by atoms with Gasteiger partial charge in [-0.05, 0) is 60.3 Å². The van der Waals surface area contributed by atoms with Gasteiger partial charge in [0.2, 0.25) is 0 Å². The summed E-state index contributed by atoms with van der Waals surface area (Å²) >= 11 is 5.25. The smallest absolute Gasteiger partial charge is 0.171 e. The summed E-state index contributed by atoms with van der Waals surface area (Å²) in [5.41, 5.74) is 2.00. The van der Waals surface area contributed by atoms with Crippen LogP contribution in [0, 0.1) is 0 Å². The fraction of sp³-hybridized carbons (Fsp3) is 0.133. The molecule has 0 saturated carbocycles. The standard InChI is InChI=1S/C15H14N2O2S/c1-18-11-6-4-10(5-7-11)12-9-13(17-15(20)16-12)14-3-2-8-19-14/h2-9,13H,1H3,(H2,16,17,20)/t13-/m0/s1. The van der Waals surface area contributed by atoms with Gasteiger partial charge in [0.05, 0.1) is 13.4 Å². The number of rotatable bonds is 3. The SMILES string of the molecule is COc1ccc(C2=C[C@@H](c3ccco3)NC(=S)N2)cc1. The van der Waals surface area contributed by atoms with Crippen LogP contribution in [0.25, 0.3) is 5.70 Å². The molecule has 4 nitrogen and oxygen atoms in total. The molecule has 102 valence electrons. The second-order valence-electron chi connectivity index (χ2n) is 4.40. The Morgan fingerprint density at radius 3 is 2.65 bits per heavy atom. The lowest BCUT2D eigenvalue weighted by Gasteiger charge is -2.24. The van der Waals surface area contributed by atoms with E-state index >= 15 is 0 Å². The topological polar surface area (TPSA) is 46.4 Å². The van der Waals surface area contributed by atoms with Gasteiger partial charge in [-0.3, -0.25) is 0 Å². The minimum Gasteiger partial charge on any atom is -0.497 e. The first kappa shape index (κ1) is 12.7. The zero-order valence-corrected chi connectivity index (χ0v) is 11.7. The van der Waals surface area contributed by atoms with E-state index in [1.165, 1.54) is 0 Å². The van der Waals surface area contributed by atoms with Gasteiger partial charge in [0.15, 0.2) is 5.11 Å². The molecule has 2 heterocycles. The minimum absolute atomic E-state index is 0.0594. The van der Waals surface area contributed by atoms with Gasteiger partial charge in [-0.2, -0.15) is 0 Å². The molecular formula is C15H14N2O2S. The van der Waals surface area contributed by atoms with Gasteiger partial charge in [0.1, 0.15) is 17.6 Å². The van der Waals surface area contributed by atoms with Crippen LogP contribution in [0.4, 0.5) is 0 Å². The normalized spacial score (nSPS) is 17.9.